The van der Waals surface area contributed by atoms with Gasteiger partial charge in [0.2, 0.25) is 0 Å². The number of unbranched alkanes of at least 4 members (excludes halogenated alkanes) is 1. The third-order valence-electron chi connectivity index (χ3n) is 4.75. The van der Waals surface area contributed by atoms with Crippen LogP contribution >= 0.6 is 11.8 Å². The summed E-state index contributed by atoms with van der Waals surface area (Å²) in [7, 11) is 4.18. The summed E-state index contributed by atoms with van der Waals surface area (Å²) in [6.07, 6.45) is 4.86. The molecule has 152 valence electrons. The Balaban J connectivity index is 1.79. The lowest BCUT2D eigenvalue weighted by Gasteiger charge is -2.23. The van der Waals surface area contributed by atoms with E-state index in [1.54, 1.807) is 18.0 Å². The summed E-state index contributed by atoms with van der Waals surface area (Å²) < 4.78 is 13.4. The van der Waals surface area contributed by atoms with E-state index in [4.69, 9.17) is 8.83 Å². The van der Waals surface area contributed by atoms with Crippen molar-refractivity contribution in [2.75, 3.05) is 14.1 Å². The van der Waals surface area contributed by atoms with Crippen LogP contribution in [0.2, 0.25) is 0 Å². The van der Waals surface area contributed by atoms with Crippen molar-refractivity contribution in [1.82, 2.24) is 24.6 Å². The van der Waals surface area contributed by atoms with Gasteiger partial charge in [0, 0.05) is 12.3 Å². The van der Waals surface area contributed by atoms with Crippen molar-refractivity contribution in [2.45, 2.75) is 63.5 Å². The van der Waals surface area contributed by atoms with E-state index >= 15 is 0 Å². The first-order valence-corrected chi connectivity index (χ1v) is 10.8. The van der Waals surface area contributed by atoms with Crippen molar-refractivity contribution in [3.05, 3.63) is 35.7 Å². The molecule has 28 heavy (non-hydrogen) atoms. The van der Waals surface area contributed by atoms with Crippen LogP contribution in [-0.2, 0) is 12.3 Å². The number of hydrogen-bond acceptors (Lipinski definition) is 7. The van der Waals surface area contributed by atoms with Gasteiger partial charge in [-0.3, -0.25) is 4.90 Å². The standard InChI is InChI=1S/C20H29N5O2S/c1-6-8-11-25-18(16(7-2)24(4)5)22-23-20(25)28-13-15-14(3)27-19(21-15)17-10-9-12-26-17/h9-10,12,16H,6-8,11,13H2,1-5H3. The Kier molecular flexibility index (Phi) is 6.96. The summed E-state index contributed by atoms with van der Waals surface area (Å²) in [5.74, 6) is 3.68. The summed E-state index contributed by atoms with van der Waals surface area (Å²) in [6.45, 7) is 7.25. The molecule has 8 heteroatoms. The molecule has 0 saturated heterocycles. The number of aryl methyl sites for hydroxylation is 1. The fraction of sp³-hybridized carbons (Fsp3) is 0.550. The van der Waals surface area contributed by atoms with E-state index in [2.05, 4.69) is 52.6 Å². The fourth-order valence-corrected chi connectivity index (χ4v) is 4.13. The maximum absolute atomic E-state index is 5.77. The molecule has 0 N–H and O–H groups in total. The van der Waals surface area contributed by atoms with Crippen LogP contribution in [-0.4, -0.2) is 38.7 Å². The van der Waals surface area contributed by atoms with Crippen LogP contribution in [0.5, 0.6) is 0 Å². The van der Waals surface area contributed by atoms with Gasteiger partial charge in [0.1, 0.15) is 5.76 Å². The van der Waals surface area contributed by atoms with E-state index in [0.717, 1.165) is 48.2 Å². The number of thioether (sulfide) groups is 1. The van der Waals surface area contributed by atoms with Crippen molar-refractivity contribution >= 4 is 11.8 Å². The largest absolute Gasteiger partial charge is 0.459 e. The molecule has 0 amide bonds. The van der Waals surface area contributed by atoms with Crippen LogP contribution in [0.25, 0.3) is 11.7 Å². The predicted octanol–water partition coefficient (Wildman–Crippen LogP) is 4.94. The molecule has 0 bridgehead atoms. The van der Waals surface area contributed by atoms with E-state index in [0.29, 0.717) is 17.4 Å². The van der Waals surface area contributed by atoms with Crippen LogP contribution < -0.4 is 0 Å². The van der Waals surface area contributed by atoms with Crippen molar-refractivity contribution < 1.29 is 8.83 Å². The molecule has 1 atom stereocenters. The van der Waals surface area contributed by atoms with Crippen LogP contribution in [0.4, 0.5) is 0 Å². The maximum Gasteiger partial charge on any atom is 0.263 e. The summed E-state index contributed by atoms with van der Waals surface area (Å²) in [4.78, 5) is 6.81. The normalized spacial score (nSPS) is 12.8. The molecule has 3 aromatic rings. The van der Waals surface area contributed by atoms with E-state index < -0.39 is 0 Å². The van der Waals surface area contributed by atoms with Gasteiger partial charge in [0.05, 0.1) is 18.0 Å². The Morgan fingerprint density at radius 3 is 2.71 bits per heavy atom. The summed E-state index contributed by atoms with van der Waals surface area (Å²) in [5.41, 5.74) is 0.905. The Labute approximate surface area is 170 Å². The van der Waals surface area contributed by atoms with Gasteiger partial charge >= 0.3 is 0 Å². The summed E-state index contributed by atoms with van der Waals surface area (Å²) in [6, 6.07) is 3.94. The lowest BCUT2D eigenvalue weighted by atomic mass is 10.2. The maximum atomic E-state index is 5.77. The van der Waals surface area contributed by atoms with Gasteiger partial charge < -0.3 is 13.4 Å². The predicted molar refractivity (Wildman–Crippen MR) is 110 cm³/mol. The Morgan fingerprint density at radius 1 is 1.25 bits per heavy atom. The van der Waals surface area contributed by atoms with Crippen molar-refractivity contribution in [3.63, 3.8) is 0 Å². The minimum absolute atomic E-state index is 0.262. The third-order valence-corrected chi connectivity index (χ3v) is 5.73. The Morgan fingerprint density at radius 2 is 2.07 bits per heavy atom. The Hall–Kier alpha value is -2.06. The first-order valence-electron chi connectivity index (χ1n) is 9.77. The monoisotopic (exact) mass is 403 g/mol. The van der Waals surface area contributed by atoms with E-state index in [1.165, 1.54) is 0 Å². The number of nitrogens with zero attached hydrogens (tertiary/aromatic N) is 5. The van der Waals surface area contributed by atoms with E-state index in [1.807, 2.05) is 19.1 Å². The highest BCUT2D eigenvalue weighted by Gasteiger charge is 2.22. The molecule has 0 aliphatic carbocycles. The lowest BCUT2D eigenvalue weighted by Crippen LogP contribution is -2.23. The molecule has 0 radical (unpaired) electrons. The Bertz CT molecular complexity index is 869. The number of rotatable bonds is 10. The van der Waals surface area contributed by atoms with E-state index in [9.17, 15) is 0 Å². The second-order valence-corrected chi connectivity index (χ2v) is 7.96. The quantitative estimate of drug-likeness (QED) is 0.444. The van der Waals surface area contributed by atoms with Gasteiger partial charge in [-0.15, -0.1) is 10.2 Å². The first-order chi connectivity index (χ1) is 13.5. The molecule has 1 unspecified atom stereocenters. The van der Waals surface area contributed by atoms with Gasteiger partial charge in [0.25, 0.3) is 5.89 Å². The minimum Gasteiger partial charge on any atom is -0.459 e. The highest BCUT2D eigenvalue weighted by molar-refractivity contribution is 7.98. The SMILES string of the molecule is CCCCn1c(SCc2nc(-c3ccco3)oc2C)nnc1C(CC)N(C)C. The summed E-state index contributed by atoms with van der Waals surface area (Å²) in [5, 5.41) is 9.96. The van der Waals surface area contributed by atoms with Crippen LogP contribution in [0.15, 0.2) is 32.4 Å². The molecule has 3 rings (SSSR count). The minimum atomic E-state index is 0.262. The third kappa shape index (κ3) is 4.50. The number of oxazole rings is 1. The van der Waals surface area contributed by atoms with Gasteiger partial charge in [-0.2, -0.15) is 0 Å². The molecule has 0 fully saturated rings. The van der Waals surface area contributed by atoms with Crippen molar-refractivity contribution in [3.8, 4) is 11.7 Å². The zero-order valence-corrected chi connectivity index (χ0v) is 18.1. The van der Waals surface area contributed by atoms with Crippen molar-refractivity contribution in [2.24, 2.45) is 0 Å². The fourth-order valence-electron chi connectivity index (χ4n) is 3.16. The molecule has 0 aliphatic rings. The van der Waals surface area contributed by atoms with Gasteiger partial charge in [-0.25, -0.2) is 4.98 Å². The first kappa shape index (κ1) is 20.7. The second-order valence-electron chi connectivity index (χ2n) is 7.02. The van der Waals surface area contributed by atoms with Crippen LogP contribution in [0, 0.1) is 6.92 Å². The molecular formula is C20H29N5O2S. The number of furan rings is 1. The molecule has 3 heterocycles. The zero-order chi connectivity index (χ0) is 20.1. The number of aromatic nitrogens is 4. The highest BCUT2D eigenvalue weighted by Crippen LogP contribution is 2.30. The molecule has 0 aliphatic heterocycles. The van der Waals surface area contributed by atoms with Gasteiger partial charge in [-0.05, 0) is 46.0 Å². The van der Waals surface area contributed by atoms with Gasteiger partial charge in [0.15, 0.2) is 16.7 Å². The zero-order valence-electron chi connectivity index (χ0n) is 17.3. The molecule has 0 spiro atoms. The molecule has 0 saturated carbocycles. The topological polar surface area (TPSA) is 73.1 Å². The van der Waals surface area contributed by atoms with Crippen LogP contribution in [0.1, 0.15) is 56.4 Å². The lowest BCUT2D eigenvalue weighted by molar-refractivity contribution is 0.270. The molecule has 0 aromatic carbocycles. The second kappa shape index (κ2) is 9.43. The average Bonchev–Trinajstić information content (AvgIpc) is 3.39. The molecular weight excluding hydrogens is 374 g/mol. The smallest absolute Gasteiger partial charge is 0.263 e. The van der Waals surface area contributed by atoms with Crippen molar-refractivity contribution in [1.29, 1.82) is 0 Å². The molecule has 3 aromatic heterocycles. The van der Waals surface area contributed by atoms with E-state index in [-0.39, 0.29) is 6.04 Å². The van der Waals surface area contributed by atoms with Gasteiger partial charge in [-0.1, -0.05) is 32.0 Å². The average molecular weight is 404 g/mol. The molecule has 7 nitrogen and oxygen atoms in total. The number of hydrogen-bond donors (Lipinski definition) is 0. The highest BCUT2D eigenvalue weighted by atomic mass is 32.2. The summed E-state index contributed by atoms with van der Waals surface area (Å²) >= 11 is 1.65. The van der Waals surface area contributed by atoms with Crippen LogP contribution in [0.3, 0.4) is 0 Å².